The Morgan fingerprint density at radius 1 is 1.09 bits per heavy atom. The smallest absolute Gasteiger partial charge is 0.167 e. The molecule has 1 aromatic carbocycles. The van der Waals surface area contributed by atoms with Gasteiger partial charge in [0.05, 0.1) is 5.60 Å². The van der Waals surface area contributed by atoms with Gasteiger partial charge in [-0.15, -0.1) is 0 Å². The molecule has 162 valence electrons. The summed E-state index contributed by atoms with van der Waals surface area (Å²) in [4.78, 5) is 17.0. The van der Waals surface area contributed by atoms with Gasteiger partial charge in [0.15, 0.2) is 5.78 Å². The van der Waals surface area contributed by atoms with E-state index < -0.39 is 5.60 Å². The molecule has 0 amide bonds. The van der Waals surface area contributed by atoms with Crippen LogP contribution in [0.15, 0.2) is 60.0 Å². The molecule has 0 unspecified atom stereocenters. The van der Waals surface area contributed by atoms with Crippen LogP contribution in [0.2, 0.25) is 0 Å². The van der Waals surface area contributed by atoms with Crippen molar-refractivity contribution in [3.8, 4) is 0 Å². The summed E-state index contributed by atoms with van der Waals surface area (Å²) in [5.41, 5.74) is 3.58. The van der Waals surface area contributed by atoms with E-state index in [1.165, 1.54) is 40.3 Å². The molecule has 32 heavy (non-hydrogen) atoms. The predicted octanol–water partition coefficient (Wildman–Crippen LogP) is 5.03. The molecule has 0 radical (unpaired) electrons. The first-order valence-corrected chi connectivity index (χ1v) is 12.2. The number of benzene rings is 1. The highest BCUT2D eigenvalue weighted by molar-refractivity contribution is 5.91. The minimum Gasteiger partial charge on any atom is -0.359 e. The maximum Gasteiger partial charge on any atom is 0.167 e. The van der Waals surface area contributed by atoms with E-state index in [-0.39, 0.29) is 29.0 Å². The van der Waals surface area contributed by atoms with Crippen molar-refractivity contribution in [3.05, 3.63) is 65.5 Å². The molecule has 2 spiro atoms. The number of fused-ring (bicyclic) bond motifs is 4. The van der Waals surface area contributed by atoms with Crippen molar-refractivity contribution >= 4 is 16.6 Å². The summed E-state index contributed by atoms with van der Waals surface area (Å²) in [5.74, 6) is 1.23. The molecule has 4 heteroatoms. The summed E-state index contributed by atoms with van der Waals surface area (Å²) >= 11 is 0. The highest BCUT2D eigenvalue weighted by Gasteiger charge is 2.70. The molecule has 1 aromatic heterocycles. The number of ether oxygens (including phenoxy) is 2. The summed E-state index contributed by atoms with van der Waals surface area (Å²) in [5, 5.41) is 2.48. The third kappa shape index (κ3) is 2.03. The van der Waals surface area contributed by atoms with Gasteiger partial charge in [0, 0.05) is 24.2 Å². The second-order valence-corrected chi connectivity index (χ2v) is 11.2. The van der Waals surface area contributed by atoms with Crippen LogP contribution in [0.3, 0.4) is 0 Å². The van der Waals surface area contributed by atoms with Crippen LogP contribution in [0.4, 0.5) is 0 Å². The average molecular weight is 426 g/mol. The predicted molar refractivity (Wildman–Crippen MR) is 120 cm³/mol. The number of ketones is 1. The number of epoxide rings is 1. The number of pyridine rings is 1. The molecule has 3 aliphatic heterocycles. The fourth-order valence-electron chi connectivity index (χ4n) is 8.37. The Balaban J connectivity index is 1.23. The zero-order chi connectivity index (χ0) is 21.3. The molecule has 8 rings (SSSR count). The van der Waals surface area contributed by atoms with Crippen molar-refractivity contribution in [1.82, 2.24) is 4.98 Å². The monoisotopic (exact) mass is 425 g/mol. The van der Waals surface area contributed by atoms with Crippen molar-refractivity contribution < 1.29 is 14.3 Å². The van der Waals surface area contributed by atoms with Crippen LogP contribution in [0, 0.1) is 11.3 Å². The third-order valence-electron chi connectivity index (χ3n) is 9.91. The molecule has 4 fully saturated rings. The maximum absolute atomic E-state index is 12.6. The number of hydrogen-bond acceptors (Lipinski definition) is 4. The first-order chi connectivity index (χ1) is 15.5. The Kier molecular flexibility index (Phi) is 3.18. The van der Waals surface area contributed by atoms with Crippen LogP contribution < -0.4 is 0 Å². The van der Waals surface area contributed by atoms with Crippen LogP contribution >= 0.6 is 0 Å². The zero-order valence-corrected chi connectivity index (χ0v) is 18.3. The number of rotatable bonds is 1. The highest BCUT2D eigenvalue weighted by atomic mass is 16.6. The van der Waals surface area contributed by atoms with Gasteiger partial charge in [-0.3, -0.25) is 9.78 Å². The molecule has 0 N–H and O–H groups in total. The van der Waals surface area contributed by atoms with Crippen LogP contribution in [0.25, 0.3) is 10.8 Å². The molecule has 2 saturated heterocycles. The lowest BCUT2D eigenvalue weighted by Crippen LogP contribution is -2.54. The van der Waals surface area contributed by atoms with Crippen molar-refractivity contribution in [2.24, 2.45) is 11.3 Å². The van der Waals surface area contributed by atoms with E-state index in [1.54, 1.807) is 0 Å². The fraction of sp³-hybridized carbons (Fsp3) is 0.500. The standard InChI is InChI=1S/C28H27NO3/c1-26-8-6-19-13-21-24-25(31-24)22(30)14-27(21)9-10-28(19,32-27)23(26)5-4-20(26)17-3-2-16-7-11-29-15-18(16)12-17/h2-3,6-7,11-13,15,20,23-25H,4-5,8-10,14H2,1H3/t20-,23-,24-,25+,26-,27-,28-/m1/s1. The number of aromatic nitrogens is 1. The van der Waals surface area contributed by atoms with E-state index in [1.807, 2.05) is 12.4 Å². The van der Waals surface area contributed by atoms with E-state index in [0.717, 1.165) is 19.3 Å². The van der Waals surface area contributed by atoms with Crippen LogP contribution in [0.1, 0.15) is 56.9 Å². The average Bonchev–Trinajstić information content (AvgIpc) is 3.44. The largest absolute Gasteiger partial charge is 0.359 e. The maximum atomic E-state index is 12.6. The number of allylic oxidation sites excluding steroid dienone is 1. The summed E-state index contributed by atoms with van der Waals surface area (Å²) in [6.45, 7) is 2.49. The number of nitrogens with zero attached hydrogens (tertiary/aromatic N) is 1. The molecule has 4 heterocycles. The van der Waals surface area contributed by atoms with E-state index in [2.05, 4.69) is 48.3 Å². The lowest BCUT2D eigenvalue weighted by Gasteiger charge is -2.53. The molecule has 6 aliphatic rings. The van der Waals surface area contributed by atoms with Crippen LogP contribution in [-0.4, -0.2) is 34.2 Å². The number of carbonyl (C=O) groups excluding carboxylic acids is 1. The molecular weight excluding hydrogens is 398 g/mol. The molecular formula is C28H27NO3. The quantitative estimate of drug-likeness (QED) is 0.601. The lowest BCUT2D eigenvalue weighted by molar-refractivity contribution is -0.144. The van der Waals surface area contributed by atoms with E-state index in [9.17, 15) is 4.79 Å². The Morgan fingerprint density at radius 2 is 2.03 bits per heavy atom. The molecule has 2 saturated carbocycles. The summed E-state index contributed by atoms with van der Waals surface area (Å²) in [6, 6.07) is 9.03. The molecule has 3 aliphatic carbocycles. The van der Waals surface area contributed by atoms with E-state index in [4.69, 9.17) is 9.47 Å². The lowest BCUT2D eigenvalue weighted by atomic mass is 9.58. The van der Waals surface area contributed by atoms with Gasteiger partial charge in [0.1, 0.15) is 17.8 Å². The summed E-state index contributed by atoms with van der Waals surface area (Å²) in [7, 11) is 0. The van der Waals surface area contributed by atoms with Gasteiger partial charge < -0.3 is 9.47 Å². The number of Topliss-reactive ketones (excluding diaryl/α,β-unsaturated/α-hetero) is 1. The zero-order valence-electron chi connectivity index (χ0n) is 18.3. The number of hydrogen-bond donors (Lipinski definition) is 0. The van der Waals surface area contributed by atoms with Gasteiger partial charge >= 0.3 is 0 Å². The van der Waals surface area contributed by atoms with E-state index >= 15 is 0 Å². The molecule has 7 atom stereocenters. The van der Waals surface area contributed by atoms with E-state index in [0.29, 0.717) is 18.3 Å². The topological polar surface area (TPSA) is 51.7 Å². The summed E-state index contributed by atoms with van der Waals surface area (Å²) < 4.78 is 12.9. The van der Waals surface area contributed by atoms with Gasteiger partial charge in [-0.25, -0.2) is 0 Å². The van der Waals surface area contributed by atoms with Crippen LogP contribution in [0.5, 0.6) is 0 Å². The second-order valence-electron chi connectivity index (χ2n) is 11.2. The SMILES string of the molecule is C[C@]12CC=C3C=C4[C@H]5O[C@H]5C(=O)C[C@]45CC[C@]3(O5)[C@@H]1CC[C@@H]2c1ccc2ccncc2c1. The number of carbonyl (C=O) groups is 1. The van der Waals surface area contributed by atoms with Crippen LogP contribution in [-0.2, 0) is 14.3 Å². The minimum atomic E-state index is -0.406. The van der Waals surface area contributed by atoms with Gasteiger partial charge in [0.25, 0.3) is 0 Å². The van der Waals surface area contributed by atoms with Gasteiger partial charge in [-0.05, 0) is 83.6 Å². The third-order valence-corrected chi connectivity index (χ3v) is 9.91. The van der Waals surface area contributed by atoms with Crippen molar-refractivity contribution in [1.29, 1.82) is 0 Å². The molecule has 2 aromatic rings. The molecule has 4 nitrogen and oxygen atoms in total. The summed E-state index contributed by atoms with van der Waals surface area (Å²) in [6.07, 6.45) is 14.4. The van der Waals surface area contributed by atoms with Crippen molar-refractivity contribution in [2.45, 2.75) is 74.8 Å². The highest BCUT2D eigenvalue weighted by Crippen LogP contribution is 2.70. The van der Waals surface area contributed by atoms with Crippen molar-refractivity contribution in [3.63, 3.8) is 0 Å². The van der Waals surface area contributed by atoms with Crippen molar-refractivity contribution in [2.75, 3.05) is 0 Å². The second kappa shape index (κ2) is 5.60. The Labute approximate surface area is 187 Å². The van der Waals surface area contributed by atoms with Gasteiger partial charge in [0.2, 0.25) is 0 Å². The first kappa shape index (κ1) is 18.2. The fourth-order valence-corrected chi connectivity index (χ4v) is 8.37. The normalized spacial score (nSPS) is 45.5. The minimum absolute atomic E-state index is 0.0240. The Hall–Kier alpha value is -2.30. The molecule has 2 bridgehead atoms. The Morgan fingerprint density at radius 3 is 2.97 bits per heavy atom. The Bertz CT molecular complexity index is 1280. The first-order valence-electron chi connectivity index (χ1n) is 12.2. The van der Waals surface area contributed by atoms with Gasteiger partial charge in [-0.1, -0.05) is 31.2 Å². The van der Waals surface area contributed by atoms with Gasteiger partial charge in [-0.2, -0.15) is 0 Å².